The summed E-state index contributed by atoms with van der Waals surface area (Å²) in [6.07, 6.45) is 19.0. The Morgan fingerprint density at radius 1 is 0.885 bits per heavy atom. The topological polar surface area (TPSA) is 20.2 Å². The Bertz CT molecular complexity index is 357. The Kier molecular flexibility index (Phi) is 12.9. The molecular formula is C24H48OSn. The van der Waals surface area contributed by atoms with Gasteiger partial charge in [-0.1, -0.05) is 0 Å². The molecule has 1 nitrogen and oxygen atoms in total. The van der Waals surface area contributed by atoms with Gasteiger partial charge in [-0.3, -0.25) is 0 Å². The third-order valence-electron chi connectivity index (χ3n) is 6.66. The van der Waals surface area contributed by atoms with Gasteiger partial charge in [0.1, 0.15) is 0 Å². The van der Waals surface area contributed by atoms with Crippen molar-refractivity contribution in [2.24, 2.45) is 5.92 Å². The molecule has 1 aliphatic rings. The van der Waals surface area contributed by atoms with Crippen molar-refractivity contribution in [2.75, 3.05) is 0 Å². The summed E-state index contributed by atoms with van der Waals surface area (Å²) in [6.45, 7) is 9.31. The zero-order chi connectivity index (χ0) is 19.3. The fourth-order valence-electron chi connectivity index (χ4n) is 4.83. The van der Waals surface area contributed by atoms with Crippen molar-refractivity contribution < 1.29 is 5.11 Å². The van der Waals surface area contributed by atoms with Crippen molar-refractivity contribution in [3.63, 3.8) is 0 Å². The predicted octanol–water partition coefficient (Wildman–Crippen LogP) is 8.04. The summed E-state index contributed by atoms with van der Waals surface area (Å²) in [4.78, 5) is 0. The van der Waals surface area contributed by atoms with E-state index < -0.39 is 18.4 Å². The van der Waals surface area contributed by atoms with Crippen LogP contribution in [0, 0.1) is 5.92 Å². The van der Waals surface area contributed by atoms with Crippen LogP contribution in [0.3, 0.4) is 0 Å². The first-order chi connectivity index (χ1) is 12.5. The number of hydrogen-bond donors (Lipinski definition) is 1. The van der Waals surface area contributed by atoms with E-state index >= 15 is 0 Å². The maximum atomic E-state index is 11.0. The Morgan fingerprint density at radius 2 is 1.42 bits per heavy atom. The average molecular weight is 471 g/mol. The van der Waals surface area contributed by atoms with Crippen LogP contribution in [-0.4, -0.2) is 29.1 Å². The van der Waals surface area contributed by atoms with Crippen LogP contribution in [-0.2, 0) is 0 Å². The van der Waals surface area contributed by atoms with Crippen LogP contribution in [0.5, 0.6) is 0 Å². The molecule has 0 aromatic heterocycles. The molecule has 0 spiro atoms. The second kappa shape index (κ2) is 13.6. The van der Waals surface area contributed by atoms with E-state index in [1.165, 1.54) is 64.2 Å². The minimum absolute atomic E-state index is 0.363. The van der Waals surface area contributed by atoms with E-state index in [2.05, 4.69) is 37.9 Å². The van der Waals surface area contributed by atoms with Gasteiger partial charge in [0.2, 0.25) is 0 Å². The van der Waals surface area contributed by atoms with Gasteiger partial charge < -0.3 is 0 Å². The molecule has 1 aliphatic carbocycles. The maximum absolute atomic E-state index is 11.0. The summed E-state index contributed by atoms with van der Waals surface area (Å²) in [5.74, 6) is 0.645. The molecular weight excluding hydrogens is 423 g/mol. The first-order valence-electron chi connectivity index (χ1n) is 11.9. The average Bonchev–Trinajstić information content (AvgIpc) is 2.65. The number of unbranched alkanes of at least 4 members (excludes halogenated alkanes) is 4. The molecule has 2 heteroatoms. The molecule has 0 aromatic rings. The molecule has 0 unspecified atom stereocenters. The molecule has 1 N–H and O–H groups in total. The number of aliphatic hydroxyl groups is 1. The molecule has 0 saturated heterocycles. The van der Waals surface area contributed by atoms with Crippen LogP contribution in [0.2, 0.25) is 13.3 Å². The van der Waals surface area contributed by atoms with Crippen molar-refractivity contribution in [1.29, 1.82) is 0 Å². The van der Waals surface area contributed by atoms with Crippen molar-refractivity contribution in [2.45, 2.75) is 130 Å². The fraction of sp³-hybridized carbons (Fsp3) is 0.917. The summed E-state index contributed by atoms with van der Waals surface area (Å²) in [5.41, 5.74) is -0.363. The zero-order valence-electron chi connectivity index (χ0n) is 18.5. The summed E-state index contributed by atoms with van der Waals surface area (Å²) < 4.78 is 7.53. The van der Waals surface area contributed by atoms with Crippen LogP contribution < -0.4 is 0 Å². The molecule has 1 saturated carbocycles. The van der Waals surface area contributed by atoms with Crippen LogP contribution in [0.15, 0.2) is 10.2 Å². The van der Waals surface area contributed by atoms with E-state index in [9.17, 15) is 5.11 Å². The van der Waals surface area contributed by atoms with E-state index in [0.29, 0.717) is 5.92 Å². The van der Waals surface area contributed by atoms with Gasteiger partial charge >= 0.3 is 170 Å². The van der Waals surface area contributed by atoms with E-state index in [1.807, 2.05) is 0 Å². The quantitative estimate of drug-likeness (QED) is 0.254. The third kappa shape index (κ3) is 9.13. The second-order valence-corrected chi connectivity index (χ2v) is 22.2. The third-order valence-corrected chi connectivity index (χ3v) is 20.8. The van der Waals surface area contributed by atoms with Crippen LogP contribution >= 0.6 is 0 Å². The Labute approximate surface area is 169 Å². The van der Waals surface area contributed by atoms with Gasteiger partial charge in [-0.05, 0) is 0 Å². The van der Waals surface area contributed by atoms with Gasteiger partial charge in [0.15, 0.2) is 0 Å². The summed E-state index contributed by atoms with van der Waals surface area (Å²) in [7, 11) is 0. The molecule has 1 rings (SSSR count). The second-order valence-electron chi connectivity index (χ2n) is 9.22. The summed E-state index contributed by atoms with van der Waals surface area (Å²) in [5, 5.41) is 11.0. The van der Waals surface area contributed by atoms with E-state index in [1.54, 1.807) is 13.3 Å². The molecule has 0 aromatic carbocycles. The van der Waals surface area contributed by atoms with Gasteiger partial charge in [0.25, 0.3) is 0 Å². The Morgan fingerprint density at radius 3 is 1.92 bits per heavy atom. The molecule has 2 atom stereocenters. The van der Waals surface area contributed by atoms with Crippen LogP contribution in [0.1, 0.15) is 111 Å². The molecule has 26 heavy (non-hydrogen) atoms. The monoisotopic (exact) mass is 472 g/mol. The first-order valence-corrected chi connectivity index (χ1v) is 19.6. The molecule has 0 radical (unpaired) electrons. The normalized spacial score (nSPS) is 24.4. The zero-order valence-corrected chi connectivity index (χ0v) is 21.3. The molecule has 0 bridgehead atoms. The summed E-state index contributed by atoms with van der Waals surface area (Å²) in [6, 6.07) is 0. The number of rotatable bonds is 14. The van der Waals surface area contributed by atoms with Crippen molar-refractivity contribution in [3.8, 4) is 0 Å². The number of hydrogen-bond acceptors (Lipinski definition) is 1. The van der Waals surface area contributed by atoms with Crippen molar-refractivity contribution in [3.05, 3.63) is 10.2 Å². The van der Waals surface area contributed by atoms with E-state index in [0.717, 1.165) is 19.3 Å². The predicted molar refractivity (Wildman–Crippen MR) is 120 cm³/mol. The summed E-state index contributed by atoms with van der Waals surface area (Å²) >= 11 is -2.14. The standard InChI is InChI=1S/C12H21O.3C4H9.Sn/c1-3-5-8-12(13)9-6-7-11(4-2)10-12;3*1-3-4-2;/h2,4,11,13H,3,5-10H2,1H3;3*1,3-4H2,2H3;/t11-,12-;;;;/m0..../s1. The van der Waals surface area contributed by atoms with Gasteiger partial charge in [-0.2, -0.15) is 0 Å². The van der Waals surface area contributed by atoms with E-state index in [-0.39, 0.29) is 5.60 Å². The Balaban J connectivity index is 2.81. The minimum atomic E-state index is -2.14. The van der Waals surface area contributed by atoms with Gasteiger partial charge in [0, 0.05) is 0 Å². The van der Waals surface area contributed by atoms with Crippen molar-refractivity contribution >= 4 is 18.4 Å². The molecule has 154 valence electrons. The van der Waals surface area contributed by atoms with Crippen LogP contribution in [0.25, 0.3) is 0 Å². The molecule has 0 aliphatic heterocycles. The Hall–Kier alpha value is 0.499. The number of allylic oxidation sites excluding steroid dienone is 1. The van der Waals surface area contributed by atoms with E-state index in [4.69, 9.17) is 0 Å². The molecule has 1 fully saturated rings. The molecule has 0 heterocycles. The molecule has 0 amide bonds. The van der Waals surface area contributed by atoms with Gasteiger partial charge in [0.05, 0.1) is 0 Å². The first kappa shape index (κ1) is 24.5. The van der Waals surface area contributed by atoms with Gasteiger partial charge in [-0.15, -0.1) is 0 Å². The van der Waals surface area contributed by atoms with Gasteiger partial charge in [-0.25, -0.2) is 0 Å². The SMILES string of the molecule is CCCC[C@]1(O)CCC[C@H](/C=[CH]\[Sn]([CH2]CCC)([CH2]CCC)[CH2]CCC)C1. The van der Waals surface area contributed by atoms with Crippen LogP contribution in [0.4, 0.5) is 0 Å². The fourth-order valence-corrected chi connectivity index (χ4v) is 19.4. The van der Waals surface area contributed by atoms with Crippen molar-refractivity contribution in [1.82, 2.24) is 0 Å².